The molecule has 24 heavy (non-hydrogen) atoms. The van der Waals surface area contributed by atoms with E-state index in [9.17, 15) is 15.2 Å². The summed E-state index contributed by atoms with van der Waals surface area (Å²) >= 11 is 0. The molecule has 0 amide bonds. The Morgan fingerprint density at radius 3 is 2.42 bits per heavy atom. The van der Waals surface area contributed by atoms with Gasteiger partial charge in [0.15, 0.2) is 17.8 Å². The number of aromatic hydroxyl groups is 1. The van der Waals surface area contributed by atoms with Crippen molar-refractivity contribution in [2.45, 2.75) is 6.92 Å². The third-order valence-corrected chi connectivity index (χ3v) is 3.52. The van der Waals surface area contributed by atoms with Crippen molar-refractivity contribution in [3.05, 3.63) is 35.4 Å². The highest BCUT2D eigenvalue weighted by Gasteiger charge is 2.27. The van der Waals surface area contributed by atoms with E-state index in [1.807, 2.05) is 13.0 Å². The number of nitrogens with zero attached hydrogens (tertiary/aromatic N) is 1. The number of nitriles is 1. The highest BCUT2D eigenvalue weighted by molar-refractivity contribution is 5.98. The highest BCUT2D eigenvalue weighted by atomic mass is 16.5. The first kappa shape index (κ1) is 17.2. The number of hydrogen-bond donors (Lipinski definition) is 1. The minimum absolute atomic E-state index is 0.0418. The van der Waals surface area contributed by atoms with E-state index in [2.05, 4.69) is 0 Å². The molecule has 0 atom stereocenters. The van der Waals surface area contributed by atoms with Crippen molar-refractivity contribution in [3.8, 4) is 40.2 Å². The van der Waals surface area contributed by atoms with E-state index in [4.69, 9.17) is 14.2 Å². The van der Waals surface area contributed by atoms with Crippen molar-refractivity contribution in [1.29, 1.82) is 5.26 Å². The molecule has 1 N–H and O–H groups in total. The van der Waals surface area contributed by atoms with E-state index in [0.29, 0.717) is 24.2 Å². The van der Waals surface area contributed by atoms with Crippen molar-refractivity contribution in [1.82, 2.24) is 0 Å². The van der Waals surface area contributed by atoms with Gasteiger partial charge in [0.1, 0.15) is 17.4 Å². The number of para-hydroxylation sites is 1. The van der Waals surface area contributed by atoms with Gasteiger partial charge < -0.3 is 19.3 Å². The van der Waals surface area contributed by atoms with E-state index in [0.717, 1.165) is 0 Å². The van der Waals surface area contributed by atoms with Crippen molar-refractivity contribution >= 4 is 6.29 Å². The highest BCUT2D eigenvalue weighted by Crippen LogP contribution is 2.50. The van der Waals surface area contributed by atoms with Gasteiger partial charge in [0.05, 0.1) is 20.8 Å². The quantitative estimate of drug-likeness (QED) is 0.820. The Morgan fingerprint density at radius 2 is 1.88 bits per heavy atom. The molecule has 2 aromatic rings. The predicted octanol–water partition coefficient (Wildman–Crippen LogP) is 3.16. The summed E-state index contributed by atoms with van der Waals surface area (Å²) in [6.07, 6.45) is 0.543. The monoisotopic (exact) mass is 327 g/mol. The lowest BCUT2D eigenvalue weighted by molar-refractivity contribution is 0.112. The molecule has 0 saturated heterocycles. The maximum atomic E-state index is 11.7. The molecule has 0 aliphatic rings. The molecule has 0 radical (unpaired) electrons. The van der Waals surface area contributed by atoms with Crippen LogP contribution in [-0.4, -0.2) is 32.2 Å². The van der Waals surface area contributed by atoms with Crippen LogP contribution >= 0.6 is 0 Å². The summed E-state index contributed by atoms with van der Waals surface area (Å²) in [4.78, 5) is 11.7. The molecule has 2 aromatic carbocycles. The van der Waals surface area contributed by atoms with Crippen LogP contribution in [0.4, 0.5) is 0 Å². The molecule has 6 nitrogen and oxygen atoms in total. The van der Waals surface area contributed by atoms with E-state index in [1.165, 1.54) is 14.2 Å². The smallest absolute Gasteiger partial charge is 0.202 e. The first-order valence-corrected chi connectivity index (χ1v) is 7.22. The second kappa shape index (κ2) is 7.38. The summed E-state index contributed by atoms with van der Waals surface area (Å²) < 4.78 is 16.0. The number of benzene rings is 2. The lowest BCUT2D eigenvalue weighted by Gasteiger charge is -2.19. The van der Waals surface area contributed by atoms with Crippen LogP contribution in [-0.2, 0) is 0 Å². The Hall–Kier alpha value is -3.20. The first-order chi connectivity index (χ1) is 11.6. The Kier molecular flexibility index (Phi) is 5.27. The van der Waals surface area contributed by atoms with Gasteiger partial charge in [-0.25, -0.2) is 0 Å². The summed E-state index contributed by atoms with van der Waals surface area (Å²) in [5, 5.41) is 19.8. The van der Waals surface area contributed by atoms with Crippen LogP contribution in [0, 0.1) is 11.3 Å². The number of ether oxygens (including phenoxy) is 3. The zero-order valence-corrected chi connectivity index (χ0v) is 13.6. The molecular weight excluding hydrogens is 310 g/mol. The third kappa shape index (κ3) is 2.72. The van der Waals surface area contributed by atoms with Crippen molar-refractivity contribution in [3.63, 3.8) is 0 Å². The summed E-state index contributed by atoms with van der Waals surface area (Å²) in [5.74, 6) is 0.104. The Labute approximate surface area is 139 Å². The van der Waals surface area contributed by atoms with Crippen molar-refractivity contribution in [2.75, 3.05) is 20.8 Å². The zero-order chi connectivity index (χ0) is 17.7. The molecule has 2 rings (SSSR count). The van der Waals surface area contributed by atoms with Gasteiger partial charge in [0.25, 0.3) is 0 Å². The molecule has 0 spiro atoms. The van der Waals surface area contributed by atoms with E-state index in [-0.39, 0.29) is 33.9 Å². The maximum Gasteiger partial charge on any atom is 0.202 e. The Bertz CT molecular complexity index is 808. The number of rotatable bonds is 6. The Balaban J connectivity index is 2.96. The van der Waals surface area contributed by atoms with Gasteiger partial charge in [-0.05, 0) is 13.0 Å². The molecule has 0 saturated carbocycles. The van der Waals surface area contributed by atoms with Gasteiger partial charge in [-0.15, -0.1) is 0 Å². The summed E-state index contributed by atoms with van der Waals surface area (Å²) in [7, 11) is 2.67. The first-order valence-electron chi connectivity index (χ1n) is 7.22. The fourth-order valence-corrected chi connectivity index (χ4v) is 2.56. The number of methoxy groups -OCH3 is 2. The van der Waals surface area contributed by atoms with Gasteiger partial charge in [-0.3, -0.25) is 4.79 Å². The SMILES string of the molecule is CCOc1ccccc1-c1c(C=O)c(C#N)c(OC)c(O)c1OC. The molecule has 6 heteroatoms. The van der Waals surface area contributed by atoms with Crippen LogP contribution in [0.1, 0.15) is 22.8 Å². The van der Waals surface area contributed by atoms with Crippen molar-refractivity contribution < 1.29 is 24.1 Å². The lowest BCUT2D eigenvalue weighted by Crippen LogP contribution is -2.03. The average molecular weight is 327 g/mol. The van der Waals surface area contributed by atoms with Gasteiger partial charge in [0, 0.05) is 16.7 Å². The predicted molar refractivity (Wildman–Crippen MR) is 87.9 cm³/mol. The van der Waals surface area contributed by atoms with Crippen LogP contribution in [0.3, 0.4) is 0 Å². The second-order valence-electron chi connectivity index (χ2n) is 4.74. The fourth-order valence-electron chi connectivity index (χ4n) is 2.56. The number of hydrogen-bond acceptors (Lipinski definition) is 6. The topological polar surface area (TPSA) is 88.8 Å². The van der Waals surface area contributed by atoms with Gasteiger partial charge in [-0.2, -0.15) is 5.26 Å². The number of carbonyl (C=O) groups excluding carboxylic acids is 1. The molecule has 0 heterocycles. The number of phenols is 1. The largest absolute Gasteiger partial charge is 0.502 e. The molecule has 0 aromatic heterocycles. The van der Waals surface area contributed by atoms with Crippen LogP contribution in [0.15, 0.2) is 24.3 Å². The number of phenolic OH excluding ortho intramolecular Hbond substituents is 1. The van der Waals surface area contributed by atoms with Crippen LogP contribution in [0.2, 0.25) is 0 Å². The van der Waals surface area contributed by atoms with Crippen molar-refractivity contribution in [2.24, 2.45) is 0 Å². The summed E-state index contributed by atoms with van der Waals surface area (Å²) in [6.45, 7) is 2.25. The molecular formula is C18H17NO5. The Morgan fingerprint density at radius 1 is 1.21 bits per heavy atom. The van der Waals surface area contributed by atoms with Gasteiger partial charge in [-0.1, -0.05) is 18.2 Å². The molecule has 0 aliphatic heterocycles. The van der Waals surface area contributed by atoms with Crippen LogP contribution in [0.5, 0.6) is 23.0 Å². The second-order valence-corrected chi connectivity index (χ2v) is 4.74. The minimum atomic E-state index is -0.344. The minimum Gasteiger partial charge on any atom is -0.502 e. The molecule has 0 fully saturated rings. The van der Waals surface area contributed by atoms with Gasteiger partial charge >= 0.3 is 0 Å². The van der Waals surface area contributed by atoms with E-state index >= 15 is 0 Å². The normalized spacial score (nSPS) is 9.92. The summed E-state index contributed by atoms with van der Waals surface area (Å²) in [6, 6.07) is 8.92. The zero-order valence-electron chi connectivity index (χ0n) is 13.6. The molecule has 0 unspecified atom stereocenters. The number of carbonyl (C=O) groups is 1. The standard InChI is InChI=1S/C18H17NO5/c1-4-24-14-8-6-5-7-11(14)15-13(10-20)12(9-19)17(22-2)16(21)18(15)23-3/h5-8,10,21H,4H2,1-3H3. The number of aldehydes is 1. The van der Waals surface area contributed by atoms with E-state index < -0.39 is 0 Å². The summed E-state index contributed by atoms with van der Waals surface area (Å²) in [5.41, 5.74) is 0.822. The lowest BCUT2D eigenvalue weighted by atomic mass is 9.93. The van der Waals surface area contributed by atoms with Crippen LogP contribution < -0.4 is 14.2 Å². The fraction of sp³-hybridized carbons (Fsp3) is 0.222. The van der Waals surface area contributed by atoms with E-state index in [1.54, 1.807) is 24.3 Å². The van der Waals surface area contributed by atoms with Gasteiger partial charge in [0.2, 0.25) is 5.75 Å². The van der Waals surface area contributed by atoms with Crippen LogP contribution in [0.25, 0.3) is 11.1 Å². The molecule has 0 aliphatic carbocycles. The average Bonchev–Trinajstić information content (AvgIpc) is 2.61. The molecule has 0 bridgehead atoms. The maximum absolute atomic E-state index is 11.7. The third-order valence-electron chi connectivity index (χ3n) is 3.52. The molecule has 124 valence electrons.